The summed E-state index contributed by atoms with van der Waals surface area (Å²) in [7, 11) is 1.65. The molecule has 0 saturated carbocycles. The predicted octanol–water partition coefficient (Wildman–Crippen LogP) is 2.66. The number of aliphatic imine (C=N–C) groups is 1. The van der Waals surface area contributed by atoms with Gasteiger partial charge in [-0.05, 0) is 50.1 Å². The molecule has 0 radical (unpaired) electrons. The van der Waals surface area contributed by atoms with Gasteiger partial charge in [-0.15, -0.1) is 0 Å². The number of ether oxygens (including phenoxy) is 2. The maximum absolute atomic E-state index is 10.5. The van der Waals surface area contributed by atoms with Crippen molar-refractivity contribution in [2.75, 3.05) is 33.4 Å². The van der Waals surface area contributed by atoms with E-state index in [1.807, 2.05) is 31.2 Å². The summed E-state index contributed by atoms with van der Waals surface area (Å²) < 4.78 is 16.1. The number of methoxy groups -OCH3 is 1. The first-order chi connectivity index (χ1) is 13.5. The lowest BCUT2D eigenvalue weighted by molar-refractivity contribution is 0.0437. The topological polar surface area (TPSA) is 88.3 Å². The van der Waals surface area contributed by atoms with Crippen molar-refractivity contribution in [2.45, 2.75) is 32.5 Å². The maximum Gasteiger partial charge on any atom is 0.191 e. The largest absolute Gasteiger partial charge is 0.497 e. The number of nitrogens with zero attached hydrogens (tertiary/aromatic N) is 1. The minimum atomic E-state index is -1.15. The van der Waals surface area contributed by atoms with Crippen LogP contribution < -0.4 is 15.4 Å². The molecule has 0 aliphatic carbocycles. The molecule has 0 amide bonds. The highest BCUT2D eigenvalue weighted by molar-refractivity contribution is 5.79. The maximum atomic E-state index is 10.5. The smallest absolute Gasteiger partial charge is 0.191 e. The standard InChI is InChI=1S/C21H31N3O4/c1-4-22-20(24-16-21(2,25)19-7-5-14-28-19)23-12-6-13-27-15-17-8-10-18(26-3)11-9-17/h5,7-11,14,25H,4,6,12-13,15-16H2,1-3H3,(H2,22,23,24). The molecular weight excluding hydrogens is 358 g/mol. The average Bonchev–Trinajstić information content (AvgIpc) is 3.25. The predicted molar refractivity (Wildman–Crippen MR) is 110 cm³/mol. The Kier molecular flexibility index (Phi) is 8.84. The molecule has 1 unspecified atom stereocenters. The van der Waals surface area contributed by atoms with Gasteiger partial charge in [-0.1, -0.05) is 12.1 Å². The van der Waals surface area contributed by atoms with Crippen LogP contribution in [0.25, 0.3) is 0 Å². The van der Waals surface area contributed by atoms with Crippen LogP contribution in [0.3, 0.4) is 0 Å². The van der Waals surface area contributed by atoms with Crippen molar-refractivity contribution in [3.63, 3.8) is 0 Å². The van der Waals surface area contributed by atoms with E-state index in [4.69, 9.17) is 13.9 Å². The molecule has 1 aromatic heterocycles. The van der Waals surface area contributed by atoms with Crippen molar-refractivity contribution in [1.29, 1.82) is 0 Å². The van der Waals surface area contributed by atoms with Crippen molar-refractivity contribution < 1.29 is 19.0 Å². The van der Waals surface area contributed by atoms with Crippen molar-refractivity contribution in [3.8, 4) is 5.75 Å². The summed E-state index contributed by atoms with van der Waals surface area (Å²) in [5.41, 5.74) is -0.0309. The number of nitrogens with one attached hydrogen (secondary N) is 2. The lowest BCUT2D eigenvalue weighted by atomic mass is 10.0. The van der Waals surface area contributed by atoms with Crippen LogP contribution in [0.1, 0.15) is 31.6 Å². The third kappa shape index (κ3) is 7.25. The van der Waals surface area contributed by atoms with Gasteiger partial charge in [0, 0.05) is 19.7 Å². The van der Waals surface area contributed by atoms with Crippen LogP contribution in [0.15, 0.2) is 52.1 Å². The Morgan fingerprint density at radius 3 is 2.64 bits per heavy atom. The van der Waals surface area contributed by atoms with Crippen molar-refractivity contribution in [2.24, 2.45) is 4.99 Å². The van der Waals surface area contributed by atoms with E-state index in [0.29, 0.717) is 24.9 Å². The van der Waals surface area contributed by atoms with Crippen LogP contribution in [-0.4, -0.2) is 44.4 Å². The normalized spacial score (nSPS) is 13.8. The fourth-order valence-corrected chi connectivity index (χ4v) is 2.53. The van der Waals surface area contributed by atoms with Gasteiger partial charge in [-0.3, -0.25) is 0 Å². The lowest BCUT2D eigenvalue weighted by Gasteiger charge is -2.19. The number of benzene rings is 1. The molecule has 0 fully saturated rings. The van der Waals surface area contributed by atoms with E-state index in [1.54, 1.807) is 32.4 Å². The highest BCUT2D eigenvalue weighted by atomic mass is 16.5. The van der Waals surface area contributed by atoms with Gasteiger partial charge in [0.15, 0.2) is 5.96 Å². The zero-order valence-electron chi connectivity index (χ0n) is 16.9. The molecule has 0 bridgehead atoms. The van der Waals surface area contributed by atoms with E-state index in [0.717, 1.165) is 30.8 Å². The van der Waals surface area contributed by atoms with Gasteiger partial charge in [-0.25, -0.2) is 4.99 Å². The van der Waals surface area contributed by atoms with Gasteiger partial charge in [0.1, 0.15) is 17.1 Å². The minimum absolute atomic E-state index is 0.198. The second kappa shape index (κ2) is 11.4. The molecule has 7 heteroatoms. The van der Waals surface area contributed by atoms with Crippen LogP contribution in [0.5, 0.6) is 5.75 Å². The van der Waals surface area contributed by atoms with Crippen LogP contribution in [0.2, 0.25) is 0 Å². The molecule has 1 aromatic carbocycles. The molecule has 2 aromatic rings. The highest BCUT2D eigenvalue weighted by Crippen LogP contribution is 2.21. The Labute approximate surface area is 166 Å². The van der Waals surface area contributed by atoms with Crippen LogP contribution in [-0.2, 0) is 16.9 Å². The molecule has 2 rings (SSSR count). The summed E-state index contributed by atoms with van der Waals surface area (Å²) in [4.78, 5) is 4.45. The highest BCUT2D eigenvalue weighted by Gasteiger charge is 2.25. The Balaban J connectivity index is 1.69. The van der Waals surface area contributed by atoms with Gasteiger partial charge in [0.25, 0.3) is 0 Å². The molecule has 1 heterocycles. The summed E-state index contributed by atoms with van der Waals surface area (Å²) in [6.45, 7) is 6.56. The second-order valence-electron chi connectivity index (χ2n) is 6.63. The summed E-state index contributed by atoms with van der Waals surface area (Å²) in [6.07, 6.45) is 2.39. The number of rotatable bonds is 11. The molecule has 28 heavy (non-hydrogen) atoms. The minimum Gasteiger partial charge on any atom is -0.497 e. The Hall–Kier alpha value is -2.51. The first-order valence-electron chi connectivity index (χ1n) is 9.54. The zero-order chi connectivity index (χ0) is 20.2. The summed E-state index contributed by atoms with van der Waals surface area (Å²) in [5, 5.41) is 16.9. The van der Waals surface area contributed by atoms with Crippen molar-refractivity contribution in [3.05, 3.63) is 54.0 Å². The number of hydrogen-bond donors (Lipinski definition) is 3. The second-order valence-corrected chi connectivity index (χ2v) is 6.63. The quantitative estimate of drug-likeness (QED) is 0.311. The van der Waals surface area contributed by atoms with Gasteiger partial charge >= 0.3 is 0 Å². The van der Waals surface area contributed by atoms with E-state index < -0.39 is 5.60 Å². The average molecular weight is 389 g/mol. The fourth-order valence-electron chi connectivity index (χ4n) is 2.53. The van der Waals surface area contributed by atoms with Crippen LogP contribution in [0.4, 0.5) is 0 Å². The molecule has 0 spiro atoms. The van der Waals surface area contributed by atoms with Gasteiger partial charge < -0.3 is 29.6 Å². The van der Waals surface area contributed by atoms with Crippen molar-refractivity contribution >= 4 is 5.96 Å². The molecule has 0 aliphatic rings. The molecule has 1 atom stereocenters. The van der Waals surface area contributed by atoms with Gasteiger partial charge in [0.05, 0.1) is 26.5 Å². The van der Waals surface area contributed by atoms with Crippen LogP contribution >= 0.6 is 0 Å². The summed E-state index contributed by atoms with van der Waals surface area (Å²) >= 11 is 0. The van der Waals surface area contributed by atoms with E-state index in [-0.39, 0.29) is 6.54 Å². The molecule has 154 valence electrons. The first-order valence-corrected chi connectivity index (χ1v) is 9.54. The number of hydrogen-bond acceptors (Lipinski definition) is 5. The summed E-state index contributed by atoms with van der Waals surface area (Å²) in [5.74, 6) is 2.00. The van der Waals surface area contributed by atoms with Gasteiger partial charge in [0.2, 0.25) is 0 Å². The Morgan fingerprint density at radius 2 is 2.00 bits per heavy atom. The lowest BCUT2D eigenvalue weighted by Crippen LogP contribution is -2.39. The molecule has 3 N–H and O–H groups in total. The van der Waals surface area contributed by atoms with E-state index in [9.17, 15) is 5.11 Å². The molecular formula is C21H31N3O4. The third-order valence-electron chi connectivity index (χ3n) is 4.13. The summed E-state index contributed by atoms with van der Waals surface area (Å²) in [6, 6.07) is 11.4. The Morgan fingerprint density at radius 1 is 1.21 bits per heavy atom. The van der Waals surface area contributed by atoms with Crippen LogP contribution in [0, 0.1) is 0 Å². The van der Waals surface area contributed by atoms with Gasteiger partial charge in [-0.2, -0.15) is 0 Å². The molecule has 0 aliphatic heterocycles. The third-order valence-corrected chi connectivity index (χ3v) is 4.13. The SMILES string of the molecule is CCNC(=NCC(C)(O)c1ccco1)NCCCOCc1ccc(OC)cc1. The molecule has 0 saturated heterocycles. The fraction of sp³-hybridized carbons (Fsp3) is 0.476. The van der Waals surface area contributed by atoms with E-state index in [1.165, 1.54) is 0 Å². The van der Waals surface area contributed by atoms with E-state index >= 15 is 0 Å². The number of aliphatic hydroxyl groups is 1. The molecule has 7 nitrogen and oxygen atoms in total. The van der Waals surface area contributed by atoms with E-state index in [2.05, 4.69) is 15.6 Å². The van der Waals surface area contributed by atoms with Crippen molar-refractivity contribution in [1.82, 2.24) is 10.6 Å². The number of furan rings is 1. The first kappa shape index (κ1) is 21.8. The zero-order valence-corrected chi connectivity index (χ0v) is 16.9. The monoisotopic (exact) mass is 389 g/mol. The Bertz CT molecular complexity index is 697. The number of guanidine groups is 1.